The van der Waals surface area contributed by atoms with Gasteiger partial charge in [0.1, 0.15) is 0 Å². The Bertz CT molecular complexity index is 369. The smallest absolute Gasteiger partial charge is 0.0959 e. The SMILES string of the molecule is CC1(CNCc2csc(C3CC3)n2)COC1. The fraction of sp³-hybridized carbons (Fsp3) is 0.750. The Balaban J connectivity index is 1.46. The highest BCUT2D eigenvalue weighted by atomic mass is 32.1. The van der Waals surface area contributed by atoms with Crippen LogP contribution in [0.25, 0.3) is 0 Å². The maximum Gasteiger partial charge on any atom is 0.0959 e. The van der Waals surface area contributed by atoms with E-state index in [0.29, 0.717) is 5.41 Å². The number of nitrogens with one attached hydrogen (secondary N) is 1. The highest BCUT2D eigenvalue weighted by Gasteiger charge is 2.32. The monoisotopic (exact) mass is 238 g/mol. The molecular weight excluding hydrogens is 220 g/mol. The second-order valence-electron chi connectivity index (χ2n) is 5.36. The van der Waals surface area contributed by atoms with Crippen LogP contribution in [-0.2, 0) is 11.3 Å². The van der Waals surface area contributed by atoms with Crippen LogP contribution in [0.2, 0.25) is 0 Å². The summed E-state index contributed by atoms with van der Waals surface area (Å²) in [4.78, 5) is 4.66. The minimum atomic E-state index is 0.356. The van der Waals surface area contributed by atoms with Gasteiger partial charge in [-0.15, -0.1) is 11.3 Å². The number of hydrogen-bond acceptors (Lipinski definition) is 4. The van der Waals surface area contributed by atoms with E-state index in [4.69, 9.17) is 4.74 Å². The van der Waals surface area contributed by atoms with E-state index < -0.39 is 0 Å². The lowest BCUT2D eigenvalue weighted by molar-refractivity contribution is -0.0991. The molecular formula is C12H18N2OS. The molecule has 2 fully saturated rings. The van der Waals surface area contributed by atoms with Gasteiger partial charge in [-0.3, -0.25) is 0 Å². The molecule has 2 heterocycles. The van der Waals surface area contributed by atoms with E-state index in [2.05, 4.69) is 22.6 Å². The molecule has 1 aliphatic carbocycles. The molecule has 0 aromatic carbocycles. The van der Waals surface area contributed by atoms with Gasteiger partial charge in [0.25, 0.3) is 0 Å². The Morgan fingerprint density at radius 1 is 1.56 bits per heavy atom. The molecule has 3 rings (SSSR count). The zero-order valence-electron chi connectivity index (χ0n) is 9.66. The van der Waals surface area contributed by atoms with E-state index >= 15 is 0 Å². The Labute approximate surface area is 100 Å². The highest BCUT2D eigenvalue weighted by molar-refractivity contribution is 7.09. The normalized spacial score (nSPS) is 23.1. The third kappa shape index (κ3) is 2.29. The lowest BCUT2D eigenvalue weighted by atomic mass is 9.89. The van der Waals surface area contributed by atoms with Gasteiger partial charge in [-0.25, -0.2) is 4.98 Å². The van der Waals surface area contributed by atoms with E-state index in [1.54, 1.807) is 0 Å². The molecule has 1 saturated carbocycles. The average molecular weight is 238 g/mol. The predicted molar refractivity (Wildman–Crippen MR) is 64.7 cm³/mol. The van der Waals surface area contributed by atoms with Crippen molar-refractivity contribution in [3.8, 4) is 0 Å². The number of rotatable bonds is 5. The van der Waals surface area contributed by atoms with Gasteiger partial charge < -0.3 is 10.1 Å². The third-order valence-electron chi connectivity index (χ3n) is 3.26. The molecule has 88 valence electrons. The molecule has 0 bridgehead atoms. The highest BCUT2D eigenvalue weighted by Crippen LogP contribution is 2.41. The molecule has 0 atom stereocenters. The van der Waals surface area contributed by atoms with E-state index in [1.165, 1.54) is 23.5 Å². The van der Waals surface area contributed by atoms with Crippen molar-refractivity contribution in [2.45, 2.75) is 32.2 Å². The molecule has 16 heavy (non-hydrogen) atoms. The first-order valence-corrected chi connectivity index (χ1v) is 6.86. The minimum absolute atomic E-state index is 0.356. The van der Waals surface area contributed by atoms with Gasteiger partial charge in [0.2, 0.25) is 0 Å². The second kappa shape index (κ2) is 4.09. The first kappa shape index (κ1) is 10.7. The summed E-state index contributed by atoms with van der Waals surface area (Å²) in [6.45, 7) is 5.98. The van der Waals surface area contributed by atoms with Gasteiger partial charge in [0, 0.05) is 29.8 Å². The summed E-state index contributed by atoms with van der Waals surface area (Å²) in [6, 6.07) is 0. The number of ether oxygens (including phenoxy) is 1. The van der Waals surface area contributed by atoms with Crippen molar-refractivity contribution in [2.75, 3.05) is 19.8 Å². The van der Waals surface area contributed by atoms with Crippen LogP contribution in [-0.4, -0.2) is 24.7 Å². The maximum atomic E-state index is 5.23. The van der Waals surface area contributed by atoms with Crippen LogP contribution >= 0.6 is 11.3 Å². The van der Waals surface area contributed by atoms with Crippen molar-refractivity contribution in [3.63, 3.8) is 0 Å². The standard InChI is InChI=1S/C12H18N2OS/c1-12(7-15-8-12)6-13-4-10-5-16-11(14-10)9-2-3-9/h5,9,13H,2-4,6-8H2,1H3. The molecule has 0 radical (unpaired) electrons. The van der Waals surface area contributed by atoms with Crippen LogP contribution in [0.1, 0.15) is 36.4 Å². The summed E-state index contributed by atoms with van der Waals surface area (Å²) in [6.07, 6.45) is 2.69. The number of nitrogens with zero attached hydrogens (tertiary/aromatic N) is 1. The van der Waals surface area contributed by atoms with Crippen LogP contribution in [0.5, 0.6) is 0 Å². The van der Waals surface area contributed by atoms with Crippen molar-refractivity contribution in [3.05, 3.63) is 16.1 Å². The van der Waals surface area contributed by atoms with Crippen molar-refractivity contribution in [1.29, 1.82) is 0 Å². The van der Waals surface area contributed by atoms with Gasteiger partial charge in [0.15, 0.2) is 0 Å². The summed E-state index contributed by atoms with van der Waals surface area (Å²) in [5, 5.41) is 7.02. The molecule has 1 aromatic heterocycles. The number of thiazole rings is 1. The number of hydrogen-bond donors (Lipinski definition) is 1. The Kier molecular flexibility index (Phi) is 2.73. The van der Waals surface area contributed by atoms with Crippen molar-refractivity contribution in [2.24, 2.45) is 5.41 Å². The molecule has 2 aliphatic rings. The molecule has 0 spiro atoms. The maximum absolute atomic E-state index is 5.23. The minimum Gasteiger partial charge on any atom is -0.380 e. The zero-order valence-corrected chi connectivity index (χ0v) is 10.5. The molecule has 4 heteroatoms. The summed E-state index contributed by atoms with van der Waals surface area (Å²) in [7, 11) is 0. The molecule has 1 N–H and O–H groups in total. The Morgan fingerprint density at radius 3 is 3.00 bits per heavy atom. The fourth-order valence-electron chi connectivity index (χ4n) is 1.97. The quantitative estimate of drug-likeness (QED) is 0.853. The molecule has 1 saturated heterocycles. The first-order valence-electron chi connectivity index (χ1n) is 5.98. The molecule has 0 amide bonds. The van der Waals surface area contributed by atoms with Gasteiger partial charge in [-0.2, -0.15) is 0 Å². The van der Waals surface area contributed by atoms with E-state index in [1.807, 2.05) is 11.3 Å². The summed E-state index contributed by atoms with van der Waals surface area (Å²) < 4.78 is 5.23. The molecule has 1 aromatic rings. The van der Waals surface area contributed by atoms with Crippen molar-refractivity contribution in [1.82, 2.24) is 10.3 Å². The largest absolute Gasteiger partial charge is 0.380 e. The zero-order chi connectivity index (χ0) is 11.0. The van der Waals surface area contributed by atoms with Gasteiger partial charge in [-0.05, 0) is 12.8 Å². The molecule has 0 unspecified atom stereocenters. The van der Waals surface area contributed by atoms with Crippen molar-refractivity contribution >= 4 is 11.3 Å². The van der Waals surface area contributed by atoms with E-state index in [9.17, 15) is 0 Å². The van der Waals surface area contributed by atoms with Crippen LogP contribution in [0.15, 0.2) is 5.38 Å². The van der Waals surface area contributed by atoms with E-state index in [0.717, 1.165) is 32.2 Å². The van der Waals surface area contributed by atoms with Gasteiger partial charge in [0.05, 0.1) is 23.9 Å². The average Bonchev–Trinajstić information content (AvgIpc) is 2.97. The van der Waals surface area contributed by atoms with E-state index in [-0.39, 0.29) is 0 Å². The Morgan fingerprint density at radius 2 is 2.38 bits per heavy atom. The lowest BCUT2D eigenvalue weighted by Gasteiger charge is -2.38. The predicted octanol–water partition coefficient (Wildman–Crippen LogP) is 2.15. The van der Waals surface area contributed by atoms with Gasteiger partial charge >= 0.3 is 0 Å². The van der Waals surface area contributed by atoms with Crippen LogP contribution in [0.3, 0.4) is 0 Å². The summed E-state index contributed by atoms with van der Waals surface area (Å²) in [5.41, 5.74) is 1.56. The Hall–Kier alpha value is -0.450. The molecule has 3 nitrogen and oxygen atoms in total. The topological polar surface area (TPSA) is 34.2 Å². The number of aromatic nitrogens is 1. The molecule has 1 aliphatic heterocycles. The summed E-state index contributed by atoms with van der Waals surface area (Å²) >= 11 is 1.82. The van der Waals surface area contributed by atoms with Crippen LogP contribution in [0, 0.1) is 5.41 Å². The third-order valence-corrected chi connectivity index (χ3v) is 4.31. The summed E-state index contributed by atoms with van der Waals surface area (Å²) in [5.74, 6) is 0.788. The van der Waals surface area contributed by atoms with Crippen LogP contribution in [0.4, 0.5) is 0 Å². The lowest BCUT2D eigenvalue weighted by Crippen LogP contribution is -2.47. The first-order chi connectivity index (χ1) is 7.75. The van der Waals surface area contributed by atoms with Crippen LogP contribution < -0.4 is 5.32 Å². The van der Waals surface area contributed by atoms with Gasteiger partial charge in [-0.1, -0.05) is 6.92 Å². The van der Waals surface area contributed by atoms with Crippen molar-refractivity contribution < 1.29 is 4.74 Å². The second-order valence-corrected chi connectivity index (χ2v) is 6.25. The fourth-order valence-corrected chi connectivity index (χ4v) is 2.96.